The summed E-state index contributed by atoms with van der Waals surface area (Å²) in [5.74, 6) is -1.13. The van der Waals surface area contributed by atoms with Gasteiger partial charge in [-0.1, -0.05) is 13.8 Å². The second kappa shape index (κ2) is 4.60. The van der Waals surface area contributed by atoms with Gasteiger partial charge in [0, 0.05) is 18.3 Å². The lowest BCUT2D eigenvalue weighted by Crippen LogP contribution is -2.41. The smallest absolute Gasteiger partial charge is 0.380 e. The first kappa shape index (κ1) is 15.6. The fraction of sp³-hybridized carbons (Fsp3) is 0.818. The highest BCUT2D eigenvalue weighted by Crippen LogP contribution is 2.47. The standard InChI is InChI=1S/C11H15F3O5S/c1-9(2)7-10(17-5-6-18-10)4-3-8(9)19-20(15,16)11(12,13)14/h3H,4-7H2,1-2H3. The molecule has 1 aliphatic carbocycles. The van der Waals surface area contributed by atoms with E-state index < -0.39 is 26.8 Å². The van der Waals surface area contributed by atoms with Crippen molar-refractivity contribution >= 4 is 10.1 Å². The predicted molar refractivity (Wildman–Crippen MR) is 61.8 cm³/mol. The van der Waals surface area contributed by atoms with E-state index in [1.807, 2.05) is 0 Å². The summed E-state index contributed by atoms with van der Waals surface area (Å²) >= 11 is 0. The molecule has 0 atom stereocenters. The molecule has 0 aromatic rings. The van der Waals surface area contributed by atoms with Crippen LogP contribution in [0.2, 0.25) is 0 Å². The van der Waals surface area contributed by atoms with Gasteiger partial charge in [-0.15, -0.1) is 0 Å². The Bertz CT molecular complexity index is 515. The van der Waals surface area contributed by atoms with Crippen LogP contribution in [0.5, 0.6) is 0 Å². The van der Waals surface area contributed by atoms with Crippen molar-refractivity contribution in [3.8, 4) is 0 Å². The molecule has 116 valence electrons. The Hall–Kier alpha value is -0.800. The zero-order valence-corrected chi connectivity index (χ0v) is 11.8. The van der Waals surface area contributed by atoms with Crippen molar-refractivity contribution in [3.05, 3.63) is 11.8 Å². The number of alkyl halides is 3. The first-order chi connectivity index (χ1) is 8.98. The minimum atomic E-state index is -5.65. The van der Waals surface area contributed by atoms with Crippen molar-refractivity contribution in [1.82, 2.24) is 0 Å². The SMILES string of the molecule is CC1(C)CC2(CC=C1OS(=O)(=O)C(F)(F)F)OCCO2. The van der Waals surface area contributed by atoms with Crippen molar-refractivity contribution in [2.24, 2.45) is 5.41 Å². The minimum absolute atomic E-state index is 0.152. The first-order valence-electron chi connectivity index (χ1n) is 5.97. The highest BCUT2D eigenvalue weighted by atomic mass is 32.2. The van der Waals surface area contributed by atoms with Gasteiger partial charge in [0.15, 0.2) is 5.79 Å². The van der Waals surface area contributed by atoms with Crippen molar-refractivity contribution < 1.29 is 35.2 Å². The second-order valence-corrected chi connectivity index (χ2v) is 6.96. The van der Waals surface area contributed by atoms with Gasteiger partial charge in [-0.3, -0.25) is 0 Å². The van der Waals surface area contributed by atoms with Gasteiger partial charge in [-0.2, -0.15) is 21.6 Å². The molecule has 2 rings (SSSR count). The van der Waals surface area contributed by atoms with Gasteiger partial charge in [0.2, 0.25) is 0 Å². The first-order valence-corrected chi connectivity index (χ1v) is 7.38. The molecule has 0 saturated carbocycles. The summed E-state index contributed by atoms with van der Waals surface area (Å²) in [5.41, 5.74) is -6.39. The third kappa shape index (κ3) is 2.79. The molecule has 0 aromatic carbocycles. The Morgan fingerprint density at radius 3 is 2.25 bits per heavy atom. The monoisotopic (exact) mass is 316 g/mol. The molecule has 9 heteroatoms. The Morgan fingerprint density at radius 1 is 1.25 bits per heavy atom. The maximum atomic E-state index is 12.3. The van der Waals surface area contributed by atoms with Crippen LogP contribution >= 0.6 is 0 Å². The van der Waals surface area contributed by atoms with Gasteiger partial charge in [0.05, 0.1) is 13.2 Å². The van der Waals surface area contributed by atoms with Gasteiger partial charge < -0.3 is 13.7 Å². The van der Waals surface area contributed by atoms with Crippen molar-refractivity contribution in [1.29, 1.82) is 0 Å². The van der Waals surface area contributed by atoms with E-state index in [0.29, 0.717) is 13.2 Å². The van der Waals surface area contributed by atoms with Crippen LogP contribution in [-0.4, -0.2) is 32.9 Å². The summed E-state index contributed by atoms with van der Waals surface area (Å²) in [7, 11) is -5.65. The van der Waals surface area contributed by atoms with E-state index in [0.717, 1.165) is 0 Å². The Balaban J connectivity index is 2.23. The van der Waals surface area contributed by atoms with Gasteiger partial charge in [0.25, 0.3) is 0 Å². The average Bonchev–Trinajstić information content (AvgIpc) is 2.68. The lowest BCUT2D eigenvalue weighted by Gasteiger charge is -2.39. The van der Waals surface area contributed by atoms with E-state index >= 15 is 0 Å². The Kier molecular flexibility index (Phi) is 3.59. The maximum absolute atomic E-state index is 12.3. The summed E-state index contributed by atoms with van der Waals surface area (Å²) < 4.78 is 74.4. The number of allylic oxidation sites excluding steroid dienone is 1. The maximum Gasteiger partial charge on any atom is 0.534 e. The fourth-order valence-electron chi connectivity index (χ4n) is 2.39. The molecule has 1 fully saturated rings. The number of halogens is 3. The van der Waals surface area contributed by atoms with E-state index in [9.17, 15) is 21.6 Å². The van der Waals surface area contributed by atoms with Crippen LogP contribution in [0.25, 0.3) is 0 Å². The lowest BCUT2D eigenvalue weighted by atomic mass is 9.78. The third-order valence-corrected chi connectivity index (χ3v) is 4.24. The largest absolute Gasteiger partial charge is 0.534 e. The zero-order chi connectivity index (χ0) is 15.2. The zero-order valence-electron chi connectivity index (χ0n) is 11.0. The summed E-state index contributed by atoms with van der Waals surface area (Å²) in [4.78, 5) is 0. The average molecular weight is 316 g/mol. The summed E-state index contributed by atoms with van der Waals surface area (Å²) in [6, 6.07) is 0. The molecule has 1 saturated heterocycles. The molecular formula is C11H15F3O5S. The highest BCUT2D eigenvalue weighted by molar-refractivity contribution is 7.87. The number of ether oxygens (including phenoxy) is 2. The van der Waals surface area contributed by atoms with Crippen molar-refractivity contribution in [2.45, 2.75) is 38.0 Å². The van der Waals surface area contributed by atoms with Gasteiger partial charge in [-0.05, 0) is 6.08 Å². The molecule has 1 heterocycles. The van der Waals surface area contributed by atoms with Crippen LogP contribution in [0.15, 0.2) is 11.8 Å². The van der Waals surface area contributed by atoms with Gasteiger partial charge >= 0.3 is 15.6 Å². The van der Waals surface area contributed by atoms with Crippen LogP contribution in [0, 0.1) is 5.41 Å². The number of rotatable bonds is 2. The number of hydrogen-bond acceptors (Lipinski definition) is 5. The van der Waals surface area contributed by atoms with Crippen LogP contribution < -0.4 is 0 Å². The molecule has 0 bridgehead atoms. The normalized spacial score (nSPS) is 25.6. The predicted octanol–water partition coefficient (Wildman–Crippen LogP) is 2.30. The fourth-order valence-corrected chi connectivity index (χ4v) is 3.01. The molecule has 2 aliphatic rings. The molecule has 20 heavy (non-hydrogen) atoms. The van der Waals surface area contributed by atoms with E-state index in [4.69, 9.17) is 9.47 Å². The topological polar surface area (TPSA) is 61.8 Å². The quantitative estimate of drug-likeness (QED) is 0.578. The van der Waals surface area contributed by atoms with E-state index in [-0.39, 0.29) is 18.6 Å². The third-order valence-electron chi connectivity index (χ3n) is 3.27. The Morgan fingerprint density at radius 2 is 1.80 bits per heavy atom. The molecular weight excluding hydrogens is 301 g/mol. The van der Waals surface area contributed by atoms with Crippen molar-refractivity contribution in [2.75, 3.05) is 13.2 Å². The molecule has 5 nitrogen and oxygen atoms in total. The van der Waals surface area contributed by atoms with E-state index in [2.05, 4.69) is 4.18 Å². The second-order valence-electron chi connectivity index (χ2n) is 5.42. The van der Waals surface area contributed by atoms with Crippen LogP contribution in [0.1, 0.15) is 26.7 Å². The van der Waals surface area contributed by atoms with Crippen LogP contribution in [0.4, 0.5) is 13.2 Å². The van der Waals surface area contributed by atoms with E-state index in [1.54, 1.807) is 13.8 Å². The summed E-state index contributed by atoms with van der Waals surface area (Å²) in [5, 5.41) is 0. The minimum Gasteiger partial charge on any atom is -0.380 e. The molecule has 1 spiro atoms. The molecule has 0 radical (unpaired) electrons. The lowest BCUT2D eigenvalue weighted by molar-refractivity contribution is -0.180. The van der Waals surface area contributed by atoms with Gasteiger partial charge in [-0.25, -0.2) is 0 Å². The van der Waals surface area contributed by atoms with Gasteiger partial charge in [0.1, 0.15) is 5.76 Å². The van der Waals surface area contributed by atoms with E-state index in [1.165, 1.54) is 6.08 Å². The van der Waals surface area contributed by atoms with Crippen molar-refractivity contribution in [3.63, 3.8) is 0 Å². The van der Waals surface area contributed by atoms with Crippen LogP contribution in [0.3, 0.4) is 0 Å². The van der Waals surface area contributed by atoms with Crippen LogP contribution in [-0.2, 0) is 23.8 Å². The summed E-state index contributed by atoms with van der Waals surface area (Å²) in [6.07, 6.45) is 1.66. The molecule has 0 aromatic heterocycles. The molecule has 1 aliphatic heterocycles. The highest BCUT2D eigenvalue weighted by Gasteiger charge is 2.52. The molecule has 0 N–H and O–H groups in total. The Labute approximate surface area is 114 Å². The molecule has 0 amide bonds. The summed E-state index contributed by atoms with van der Waals surface area (Å²) in [6.45, 7) is 3.97. The molecule has 0 unspecified atom stereocenters. The number of hydrogen-bond donors (Lipinski definition) is 0.